The van der Waals surface area contributed by atoms with Crippen LogP contribution >= 0.6 is 0 Å². The Morgan fingerprint density at radius 2 is 2.29 bits per heavy atom. The molecule has 1 aromatic rings. The Morgan fingerprint density at radius 1 is 1.50 bits per heavy atom. The fourth-order valence-corrected chi connectivity index (χ4v) is 2.11. The summed E-state index contributed by atoms with van der Waals surface area (Å²) in [5, 5.41) is 7.26. The third kappa shape index (κ3) is 1.69. The smallest absolute Gasteiger partial charge is 0.153 e. The van der Waals surface area contributed by atoms with Crippen LogP contribution in [0.1, 0.15) is 37.3 Å². The van der Waals surface area contributed by atoms with Gasteiger partial charge in [-0.05, 0) is 31.7 Å². The van der Waals surface area contributed by atoms with Crippen LogP contribution in [0.25, 0.3) is 0 Å². The summed E-state index contributed by atoms with van der Waals surface area (Å²) < 4.78 is 5.34. The van der Waals surface area contributed by atoms with E-state index < -0.39 is 0 Å². The van der Waals surface area contributed by atoms with Crippen LogP contribution in [-0.2, 0) is 19.4 Å². The molecule has 1 aliphatic rings. The normalized spacial score (nSPS) is 19.4. The molecule has 0 unspecified atom stereocenters. The molecule has 0 aliphatic heterocycles. The van der Waals surface area contributed by atoms with Gasteiger partial charge in [0.2, 0.25) is 0 Å². The first-order chi connectivity index (χ1) is 6.62. The highest BCUT2D eigenvalue weighted by molar-refractivity contribution is 5.27. The molecule has 0 fully saturated rings. The zero-order chi connectivity index (χ0) is 10.2. The van der Waals surface area contributed by atoms with Crippen LogP contribution in [0, 0.1) is 5.41 Å². The third-order valence-electron chi connectivity index (χ3n) is 2.99. The molecular weight excluding hydrogens is 176 g/mol. The number of fused-ring (bicyclic) bond motifs is 1. The van der Waals surface area contributed by atoms with E-state index in [1.165, 1.54) is 17.7 Å². The summed E-state index contributed by atoms with van der Waals surface area (Å²) in [6.07, 6.45) is 3.40. The maximum absolute atomic E-state index is 5.34. The second-order valence-corrected chi connectivity index (χ2v) is 4.90. The lowest BCUT2D eigenvalue weighted by molar-refractivity contribution is 0.306. The first-order valence-electron chi connectivity index (χ1n) is 5.23. The average molecular weight is 194 g/mol. The molecule has 0 amide bonds. The van der Waals surface area contributed by atoms with Crippen molar-refractivity contribution in [2.45, 2.75) is 39.7 Å². The summed E-state index contributed by atoms with van der Waals surface area (Å²) in [6.45, 7) is 5.38. The minimum absolute atomic E-state index is 0.390. The Balaban J connectivity index is 2.25. The van der Waals surface area contributed by atoms with E-state index >= 15 is 0 Å². The van der Waals surface area contributed by atoms with Gasteiger partial charge in [-0.15, -0.1) is 0 Å². The second kappa shape index (κ2) is 3.39. The minimum Gasteiger partial charge on any atom is -0.359 e. The van der Waals surface area contributed by atoms with Gasteiger partial charge in [-0.2, -0.15) is 0 Å². The SMILES string of the molecule is CNCc1onc2c1CCC(C)(C)C2. The molecule has 0 atom stereocenters. The van der Waals surface area contributed by atoms with E-state index in [1.54, 1.807) is 0 Å². The fraction of sp³-hybridized carbons (Fsp3) is 0.727. The number of nitrogens with one attached hydrogen (secondary N) is 1. The number of hydrogen-bond acceptors (Lipinski definition) is 3. The summed E-state index contributed by atoms with van der Waals surface area (Å²) in [7, 11) is 1.93. The van der Waals surface area contributed by atoms with E-state index in [1.807, 2.05) is 7.05 Å². The van der Waals surface area contributed by atoms with E-state index in [0.717, 1.165) is 25.1 Å². The summed E-state index contributed by atoms with van der Waals surface area (Å²) >= 11 is 0. The summed E-state index contributed by atoms with van der Waals surface area (Å²) in [5.74, 6) is 1.03. The van der Waals surface area contributed by atoms with Gasteiger partial charge < -0.3 is 9.84 Å². The van der Waals surface area contributed by atoms with Gasteiger partial charge in [0.05, 0.1) is 12.2 Å². The number of nitrogens with zero attached hydrogens (tertiary/aromatic N) is 1. The van der Waals surface area contributed by atoms with Crippen molar-refractivity contribution in [1.29, 1.82) is 0 Å². The third-order valence-corrected chi connectivity index (χ3v) is 2.99. The zero-order valence-corrected chi connectivity index (χ0v) is 9.18. The van der Waals surface area contributed by atoms with Crippen molar-refractivity contribution in [3.8, 4) is 0 Å². The molecule has 0 bridgehead atoms. The summed E-state index contributed by atoms with van der Waals surface area (Å²) in [4.78, 5) is 0. The second-order valence-electron chi connectivity index (χ2n) is 4.90. The lowest BCUT2D eigenvalue weighted by Gasteiger charge is -2.28. The lowest BCUT2D eigenvalue weighted by Crippen LogP contribution is -2.22. The number of rotatable bonds is 2. The largest absolute Gasteiger partial charge is 0.359 e. The van der Waals surface area contributed by atoms with Crippen molar-refractivity contribution in [1.82, 2.24) is 10.5 Å². The first-order valence-corrected chi connectivity index (χ1v) is 5.23. The van der Waals surface area contributed by atoms with E-state index in [9.17, 15) is 0 Å². The van der Waals surface area contributed by atoms with E-state index in [4.69, 9.17) is 4.52 Å². The highest BCUT2D eigenvalue weighted by atomic mass is 16.5. The number of aromatic nitrogens is 1. The predicted molar refractivity (Wildman–Crippen MR) is 55.1 cm³/mol. The minimum atomic E-state index is 0.390. The zero-order valence-electron chi connectivity index (χ0n) is 9.18. The van der Waals surface area contributed by atoms with Gasteiger partial charge in [0.1, 0.15) is 0 Å². The molecule has 1 aromatic heterocycles. The lowest BCUT2D eigenvalue weighted by atomic mass is 9.76. The molecule has 1 N–H and O–H groups in total. The Morgan fingerprint density at radius 3 is 3.00 bits per heavy atom. The Labute approximate surface area is 84.9 Å². The molecule has 0 spiro atoms. The Hall–Kier alpha value is -0.830. The molecule has 0 radical (unpaired) electrons. The molecule has 78 valence electrons. The van der Waals surface area contributed by atoms with Gasteiger partial charge in [0.25, 0.3) is 0 Å². The van der Waals surface area contributed by atoms with Gasteiger partial charge >= 0.3 is 0 Å². The summed E-state index contributed by atoms with van der Waals surface area (Å²) in [6, 6.07) is 0. The van der Waals surface area contributed by atoms with Crippen molar-refractivity contribution in [2.24, 2.45) is 5.41 Å². The van der Waals surface area contributed by atoms with E-state index in [0.29, 0.717) is 5.41 Å². The van der Waals surface area contributed by atoms with Crippen molar-refractivity contribution >= 4 is 0 Å². The Bertz CT molecular complexity index is 328. The van der Waals surface area contributed by atoms with Gasteiger partial charge in [-0.25, -0.2) is 0 Å². The monoisotopic (exact) mass is 194 g/mol. The molecule has 3 heteroatoms. The van der Waals surface area contributed by atoms with Crippen molar-refractivity contribution in [3.05, 3.63) is 17.0 Å². The van der Waals surface area contributed by atoms with Crippen LogP contribution in [0.4, 0.5) is 0 Å². The topological polar surface area (TPSA) is 38.1 Å². The van der Waals surface area contributed by atoms with Crippen molar-refractivity contribution in [2.75, 3.05) is 7.05 Å². The molecule has 14 heavy (non-hydrogen) atoms. The highest BCUT2D eigenvalue weighted by Gasteiger charge is 2.29. The molecular formula is C11H18N2O. The standard InChI is InChI=1S/C11H18N2O/c1-11(2)5-4-8-9(6-11)13-14-10(8)7-12-3/h12H,4-7H2,1-3H3. The molecule has 3 nitrogen and oxygen atoms in total. The predicted octanol–water partition coefficient (Wildman–Crippen LogP) is 1.91. The van der Waals surface area contributed by atoms with E-state index in [2.05, 4.69) is 24.3 Å². The fourth-order valence-electron chi connectivity index (χ4n) is 2.11. The molecule has 2 rings (SSSR count). The van der Waals surface area contributed by atoms with Gasteiger partial charge in [0, 0.05) is 5.56 Å². The molecule has 1 aliphatic carbocycles. The molecule has 0 saturated carbocycles. The molecule has 0 saturated heterocycles. The first kappa shape index (κ1) is 9.71. The maximum Gasteiger partial charge on any atom is 0.153 e. The van der Waals surface area contributed by atoms with Crippen LogP contribution < -0.4 is 5.32 Å². The number of hydrogen-bond donors (Lipinski definition) is 1. The maximum atomic E-state index is 5.34. The quantitative estimate of drug-likeness (QED) is 0.781. The average Bonchev–Trinajstić information content (AvgIpc) is 2.47. The van der Waals surface area contributed by atoms with E-state index in [-0.39, 0.29) is 0 Å². The summed E-state index contributed by atoms with van der Waals surface area (Å²) in [5.41, 5.74) is 2.91. The van der Waals surface area contributed by atoms with Crippen molar-refractivity contribution < 1.29 is 4.52 Å². The van der Waals surface area contributed by atoms with Crippen LogP contribution in [0.5, 0.6) is 0 Å². The van der Waals surface area contributed by atoms with Gasteiger partial charge in [-0.3, -0.25) is 0 Å². The van der Waals surface area contributed by atoms with Crippen LogP contribution in [0.15, 0.2) is 4.52 Å². The molecule has 0 aromatic carbocycles. The highest BCUT2D eigenvalue weighted by Crippen LogP contribution is 2.35. The van der Waals surface area contributed by atoms with Crippen LogP contribution in [0.3, 0.4) is 0 Å². The van der Waals surface area contributed by atoms with Gasteiger partial charge in [0.15, 0.2) is 5.76 Å². The Kier molecular flexibility index (Phi) is 2.35. The van der Waals surface area contributed by atoms with Gasteiger partial charge in [-0.1, -0.05) is 19.0 Å². The molecule has 1 heterocycles. The van der Waals surface area contributed by atoms with Crippen molar-refractivity contribution in [3.63, 3.8) is 0 Å². The van der Waals surface area contributed by atoms with Crippen LogP contribution in [-0.4, -0.2) is 12.2 Å². The van der Waals surface area contributed by atoms with Crippen LogP contribution in [0.2, 0.25) is 0 Å².